The third-order valence-corrected chi connectivity index (χ3v) is 5.28. The van der Waals surface area contributed by atoms with E-state index < -0.39 is 46.0 Å². The van der Waals surface area contributed by atoms with E-state index in [1.54, 1.807) is 13.8 Å². The van der Waals surface area contributed by atoms with E-state index in [1.807, 2.05) is 0 Å². The number of esters is 1. The third kappa shape index (κ3) is 5.23. The van der Waals surface area contributed by atoms with Crippen LogP contribution in [0.3, 0.4) is 0 Å². The van der Waals surface area contributed by atoms with Gasteiger partial charge in [0, 0.05) is 19.0 Å². The Labute approximate surface area is 194 Å². The summed E-state index contributed by atoms with van der Waals surface area (Å²) in [6.07, 6.45) is -4.69. The van der Waals surface area contributed by atoms with Gasteiger partial charge in [-0.05, 0) is 43.9 Å². The van der Waals surface area contributed by atoms with Crippen LogP contribution in [0.2, 0.25) is 0 Å². The number of amides is 1. The molecule has 0 atom stereocenters. The zero-order chi connectivity index (χ0) is 25.6. The van der Waals surface area contributed by atoms with Gasteiger partial charge in [-0.1, -0.05) is 13.8 Å². The standard InChI is InChI=1S/C23H25F3N4O4/c1-12(31)34-11-22(4,5)28-15-8-13(6-7-14(15)20(27)33)30-16-9-21(2,3)10-17(32)18(16)19(29-30)23(24,25)26/h6-8,28H,4-5,9-11H2,1-3H3,(H2,27,33). The quantitative estimate of drug-likeness (QED) is 0.614. The summed E-state index contributed by atoms with van der Waals surface area (Å²) in [5.41, 5.74) is 2.23. The van der Waals surface area contributed by atoms with Gasteiger partial charge in [0.05, 0.1) is 28.0 Å². The van der Waals surface area contributed by atoms with E-state index in [4.69, 9.17) is 10.5 Å². The molecule has 1 aliphatic rings. The summed E-state index contributed by atoms with van der Waals surface area (Å²) >= 11 is 0. The van der Waals surface area contributed by atoms with Crippen molar-refractivity contribution in [1.29, 1.82) is 0 Å². The first-order valence-electron chi connectivity index (χ1n) is 10.3. The average molecular weight is 478 g/mol. The van der Waals surface area contributed by atoms with E-state index in [9.17, 15) is 27.6 Å². The van der Waals surface area contributed by atoms with Crippen molar-refractivity contribution in [3.63, 3.8) is 0 Å². The van der Waals surface area contributed by atoms with Crippen LogP contribution in [0.5, 0.6) is 0 Å². The number of rotatable bonds is 6. The van der Waals surface area contributed by atoms with E-state index in [-0.39, 0.29) is 42.1 Å². The lowest BCUT2D eigenvalue weighted by Crippen LogP contribution is -2.38. The second-order valence-corrected chi connectivity index (χ2v) is 9.30. The Bertz CT molecular complexity index is 1170. The minimum atomic E-state index is -4.83. The highest BCUT2D eigenvalue weighted by Gasteiger charge is 2.45. The monoisotopic (exact) mass is 478 g/mol. The highest BCUT2D eigenvalue weighted by atomic mass is 19.4. The summed E-state index contributed by atoms with van der Waals surface area (Å²) in [5, 5.41) is 6.59. The van der Waals surface area contributed by atoms with E-state index >= 15 is 0 Å². The van der Waals surface area contributed by atoms with Gasteiger partial charge in [0.25, 0.3) is 5.91 Å². The van der Waals surface area contributed by atoms with Gasteiger partial charge in [-0.15, -0.1) is 0 Å². The predicted octanol–water partition coefficient (Wildman–Crippen LogP) is 3.53. The zero-order valence-corrected chi connectivity index (χ0v) is 19.0. The number of Topliss-reactive ketones (excluding diaryl/α,β-unsaturated/α-hetero) is 1. The predicted molar refractivity (Wildman–Crippen MR) is 117 cm³/mol. The third-order valence-electron chi connectivity index (χ3n) is 5.28. The number of primary amides is 1. The largest absolute Gasteiger partial charge is 0.463 e. The van der Waals surface area contributed by atoms with Crippen LogP contribution in [0.1, 0.15) is 59.3 Å². The molecule has 34 heavy (non-hydrogen) atoms. The van der Waals surface area contributed by atoms with Crippen LogP contribution in [-0.2, 0) is 22.1 Å². The minimum Gasteiger partial charge on any atom is -0.463 e. The number of hydrogen-bond donors (Lipinski definition) is 2. The number of nitrogens with zero attached hydrogens (tertiary/aromatic N) is 2. The minimum absolute atomic E-state index is 0.0109. The molecule has 1 heterocycles. The second kappa shape index (κ2) is 8.44. The van der Waals surface area contributed by atoms with E-state index in [0.717, 1.165) is 4.68 Å². The van der Waals surface area contributed by atoms with Gasteiger partial charge in [0.1, 0.15) is 6.61 Å². The number of halogens is 3. The number of carbonyl (C=O) groups is 3. The molecule has 2 aromatic rings. The Hall–Kier alpha value is -3.37. The van der Waals surface area contributed by atoms with Crippen LogP contribution < -0.4 is 11.1 Å². The van der Waals surface area contributed by atoms with Crippen molar-refractivity contribution in [2.75, 3.05) is 11.9 Å². The fourth-order valence-electron chi connectivity index (χ4n) is 3.90. The SMILES string of the molecule is [CH2]C([CH2])(COC(C)=O)Nc1cc(-n2nc(C(F)(F)F)c3c2CC(C)(C)CC3=O)ccc1C(N)=O. The Balaban J connectivity index is 2.16. The van der Waals surface area contributed by atoms with Crippen LogP contribution in [0.25, 0.3) is 5.69 Å². The molecule has 0 unspecified atom stereocenters. The van der Waals surface area contributed by atoms with Crippen molar-refractivity contribution in [1.82, 2.24) is 9.78 Å². The summed E-state index contributed by atoms with van der Waals surface area (Å²) in [6.45, 7) is 12.1. The first-order chi connectivity index (χ1) is 15.5. The molecule has 182 valence electrons. The highest BCUT2D eigenvalue weighted by Crippen LogP contribution is 2.42. The number of nitrogens with two attached hydrogens (primary N) is 1. The fourth-order valence-corrected chi connectivity index (χ4v) is 3.90. The molecule has 0 saturated heterocycles. The molecule has 11 heteroatoms. The summed E-state index contributed by atoms with van der Waals surface area (Å²) in [5.74, 6) is -2.02. The number of hydrogen-bond acceptors (Lipinski definition) is 6. The van der Waals surface area contributed by atoms with Crippen LogP contribution in [0.4, 0.5) is 18.9 Å². The Kier molecular flexibility index (Phi) is 6.27. The van der Waals surface area contributed by atoms with Gasteiger partial charge < -0.3 is 15.8 Å². The summed E-state index contributed by atoms with van der Waals surface area (Å²) in [4.78, 5) is 35.8. The lowest BCUT2D eigenvalue weighted by Gasteiger charge is -2.30. The van der Waals surface area contributed by atoms with E-state index in [0.29, 0.717) is 0 Å². The van der Waals surface area contributed by atoms with Crippen LogP contribution >= 0.6 is 0 Å². The van der Waals surface area contributed by atoms with Crippen molar-refractivity contribution in [2.45, 2.75) is 45.3 Å². The molecule has 0 saturated carbocycles. The number of benzene rings is 1. The fraction of sp³-hybridized carbons (Fsp3) is 0.391. The molecule has 0 fully saturated rings. The molecule has 0 aliphatic heterocycles. The summed E-state index contributed by atoms with van der Waals surface area (Å²) in [6, 6.07) is 4.06. The smallest absolute Gasteiger partial charge is 0.435 e. The Morgan fingerprint density at radius 2 is 1.91 bits per heavy atom. The van der Waals surface area contributed by atoms with Gasteiger partial charge in [-0.3, -0.25) is 14.4 Å². The van der Waals surface area contributed by atoms with Crippen LogP contribution in [0.15, 0.2) is 18.2 Å². The molecule has 0 bridgehead atoms. The molecule has 3 N–H and O–H groups in total. The molecule has 2 radical (unpaired) electrons. The number of nitrogens with one attached hydrogen (secondary N) is 1. The molecule has 3 rings (SSSR count). The van der Waals surface area contributed by atoms with Gasteiger partial charge in [-0.25, -0.2) is 4.68 Å². The van der Waals surface area contributed by atoms with E-state index in [2.05, 4.69) is 24.3 Å². The highest BCUT2D eigenvalue weighted by molar-refractivity contribution is 6.00. The Morgan fingerprint density at radius 3 is 2.47 bits per heavy atom. The lowest BCUT2D eigenvalue weighted by molar-refractivity contribution is -0.142. The number of fused-ring (bicyclic) bond motifs is 1. The normalized spacial score (nSPS) is 15.6. The first-order valence-corrected chi connectivity index (χ1v) is 10.3. The number of ketones is 1. The maximum Gasteiger partial charge on any atom is 0.435 e. The topological polar surface area (TPSA) is 116 Å². The molecule has 8 nitrogen and oxygen atoms in total. The molecular formula is C23H25F3N4O4. The molecule has 1 aliphatic carbocycles. The molecular weight excluding hydrogens is 453 g/mol. The van der Waals surface area contributed by atoms with Crippen molar-refractivity contribution in [3.05, 3.63) is 54.6 Å². The van der Waals surface area contributed by atoms with Gasteiger partial charge in [0.15, 0.2) is 11.5 Å². The van der Waals surface area contributed by atoms with Gasteiger partial charge >= 0.3 is 12.1 Å². The number of carbonyl (C=O) groups excluding carboxylic acids is 3. The molecule has 1 aromatic carbocycles. The van der Waals surface area contributed by atoms with Crippen molar-refractivity contribution in [3.8, 4) is 5.69 Å². The number of aromatic nitrogens is 2. The van der Waals surface area contributed by atoms with Crippen LogP contribution in [-0.4, -0.2) is 39.6 Å². The molecule has 1 aromatic heterocycles. The first kappa shape index (κ1) is 25.3. The van der Waals surface area contributed by atoms with Gasteiger partial charge in [0.2, 0.25) is 0 Å². The number of ether oxygens (including phenoxy) is 1. The van der Waals surface area contributed by atoms with Crippen LogP contribution in [0, 0.1) is 19.3 Å². The van der Waals surface area contributed by atoms with Gasteiger partial charge in [-0.2, -0.15) is 18.3 Å². The molecule has 1 amide bonds. The van der Waals surface area contributed by atoms with Crippen molar-refractivity contribution >= 4 is 23.3 Å². The second-order valence-electron chi connectivity index (χ2n) is 9.30. The summed E-state index contributed by atoms with van der Waals surface area (Å²) < 4.78 is 47.2. The molecule has 0 spiro atoms. The van der Waals surface area contributed by atoms with Crippen molar-refractivity contribution in [2.24, 2.45) is 11.1 Å². The van der Waals surface area contributed by atoms with Crippen molar-refractivity contribution < 1.29 is 32.3 Å². The Morgan fingerprint density at radius 1 is 1.26 bits per heavy atom. The maximum absolute atomic E-state index is 13.7. The number of anilines is 1. The summed E-state index contributed by atoms with van der Waals surface area (Å²) in [7, 11) is 0. The van der Waals surface area contributed by atoms with E-state index in [1.165, 1.54) is 25.1 Å². The average Bonchev–Trinajstić information content (AvgIpc) is 3.05. The number of alkyl halides is 3. The maximum atomic E-state index is 13.7. The zero-order valence-electron chi connectivity index (χ0n) is 19.0. The lowest BCUT2D eigenvalue weighted by atomic mass is 9.75.